The summed E-state index contributed by atoms with van der Waals surface area (Å²) in [6.07, 6.45) is -1.13. The minimum Gasteiger partial charge on any atom is -0.493 e. The fourth-order valence-electron chi connectivity index (χ4n) is 5.47. The van der Waals surface area contributed by atoms with Crippen LogP contribution in [0.25, 0.3) is 0 Å². The van der Waals surface area contributed by atoms with Gasteiger partial charge in [-0.1, -0.05) is 23.7 Å². The summed E-state index contributed by atoms with van der Waals surface area (Å²) in [6.45, 7) is 3.00. The average Bonchev–Trinajstić information content (AvgIpc) is 3.22. The summed E-state index contributed by atoms with van der Waals surface area (Å²) >= 11 is 6.09. The molecule has 12 heteroatoms. The Morgan fingerprint density at radius 1 is 1.10 bits per heavy atom. The van der Waals surface area contributed by atoms with Crippen molar-refractivity contribution >= 4 is 29.3 Å². The van der Waals surface area contributed by atoms with Crippen LogP contribution in [-0.2, 0) is 10.2 Å². The number of benzene rings is 2. The number of carbonyl (C=O) groups excluding carboxylic acids is 1. The first-order valence-corrected chi connectivity index (χ1v) is 12.7. The molecular weight excluding hydrogens is 539 g/mol. The van der Waals surface area contributed by atoms with Crippen LogP contribution in [0, 0.1) is 6.92 Å². The molecule has 1 saturated carbocycles. The number of halogens is 4. The second-order valence-electron chi connectivity index (χ2n) is 9.80. The molecule has 0 unspecified atom stereocenters. The van der Waals surface area contributed by atoms with Crippen molar-refractivity contribution in [1.82, 2.24) is 10.2 Å². The summed E-state index contributed by atoms with van der Waals surface area (Å²) in [4.78, 5) is 24.0. The summed E-state index contributed by atoms with van der Waals surface area (Å²) in [5, 5.41) is 13.9. The van der Waals surface area contributed by atoms with Crippen LogP contribution < -0.4 is 20.1 Å². The normalized spacial score (nSPS) is 22.7. The van der Waals surface area contributed by atoms with Crippen molar-refractivity contribution in [1.29, 1.82) is 0 Å². The number of hydrogen-bond donors (Lipinski definition) is 3. The molecule has 1 saturated heterocycles. The van der Waals surface area contributed by atoms with Crippen LogP contribution in [0.15, 0.2) is 36.4 Å². The number of carboxylic acids is 1. The number of likely N-dealkylation sites (N-methyl/N-ethyl adjacent to an activating group) is 1. The maximum Gasteiger partial charge on any atom is 0.490 e. The van der Waals surface area contributed by atoms with Crippen LogP contribution in [0.1, 0.15) is 36.8 Å². The number of nitrogens with zero attached hydrogens (tertiary/aromatic N) is 1. The minimum atomic E-state index is -5.08. The highest BCUT2D eigenvalue weighted by atomic mass is 35.5. The zero-order chi connectivity index (χ0) is 29.0. The number of amides is 2. The number of fused-ring (bicyclic) bond motifs is 1. The van der Waals surface area contributed by atoms with Crippen LogP contribution in [-0.4, -0.2) is 68.1 Å². The highest BCUT2D eigenvalue weighted by molar-refractivity contribution is 6.31. The van der Waals surface area contributed by atoms with Gasteiger partial charge in [-0.15, -0.1) is 0 Å². The first-order valence-electron chi connectivity index (χ1n) is 12.4. The number of urea groups is 1. The SMILES string of the molecule is COc1ccc([C@@]23CC[C@@H](NC(=O)Nc4cc(Cl)ccc4C)C[C@@H]2N(C)CC3)cc1OC.O=C(O)C(F)(F)F. The molecule has 214 valence electrons. The molecule has 0 aromatic heterocycles. The standard InChI is InChI=1S/C25H32ClN3O3.C2HF3O2/c1-16-5-7-18(26)14-20(16)28-24(30)27-19-9-10-25(11-12-29(2)23(25)15-19)17-6-8-21(31-3)22(13-17)32-4;3-2(4,5)1(6)7/h5-8,13-14,19,23H,9-12,15H2,1-4H3,(H2,27,28,30);(H,6,7)/t19-,23+,25+;/m1./s1. The number of aliphatic carboxylic acids is 1. The van der Waals surface area contributed by atoms with E-state index in [1.54, 1.807) is 20.3 Å². The van der Waals surface area contributed by atoms with E-state index in [2.05, 4.69) is 34.7 Å². The molecular formula is C27H33ClF3N3O5. The Morgan fingerprint density at radius 2 is 1.77 bits per heavy atom. The lowest BCUT2D eigenvalue weighted by molar-refractivity contribution is -0.192. The fraction of sp³-hybridized carbons (Fsp3) is 0.481. The molecule has 1 aliphatic heterocycles. The third-order valence-corrected chi connectivity index (χ3v) is 7.75. The molecule has 4 rings (SSSR count). The number of methoxy groups -OCH3 is 2. The zero-order valence-corrected chi connectivity index (χ0v) is 22.9. The first-order chi connectivity index (χ1) is 18.3. The Hall–Kier alpha value is -3.18. The van der Waals surface area contributed by atoms with Crippen LogP contribution in [0.4, 0.5) is 23.7 Å². The van der Waals surface area contributed by atoms with E-state index in [0.29, 0.717) is 11.1 Å². The van der Waals surface area contributed by atoms with Crippen molar-refractivity contribution in [2.75, 3.05) is 33.1 Å². The molecule has 2 fully saturated rings. The average molecular weight is 572 g/mol. The van der Waals surface area contributed by atoms with Gasteiger partial charge in [0.15, 0.2) is 11.5 Å². The number of carboxylic acid groups (broad SMARTS) is 1. The molecule has 2 aliphatic rings. The topological polar surface area (TPSA) is 100 Å². The number of anilines is 1. The van der Waals surface area contributed by atoms with Crippen molar-refractivity contribution in [3.8, 4) is 11.5 Å². The van der Waals surface area contributed by atoms with E-state index in [1.807, 2.05) is 25.1 Å². The third-order valence-electron chi connectivity index (χ3n) is 7.51. The third kappa shape index (κ3) is 7.07. The maximum absolute atomic E-state index is 12.7. The summed E-state index contributed by atoms with van der Waals surface area (Å²) < 4.78 is 42.7. The first kappa shape index (κ1) is 30.4. The Kier molecular flexibility index (Phi) is 9.60. The summed E-state index contributed by atoms with van der Waals surface area (Å²) in [7, 11) is 5.53. The van der Waals surface area contributed by atoms with Gasteiger partial charge in [0.2, 0.25) is 0 Å². The van der Waals surface area contributed by atoms with E-state index < -0.39 is 12.1 Å². The molecule has 3 atom stereocenters. The number of aryl methyl sites for hydroxylation is 1. The highest BCUT2D eigenvalue weighted by Gasteiger charge is 2.50. The van der Waals surface area contributed by atoms with Gasteiger partial charge in [-0.3, -0.25) is 0 Å². The molecule has 0 radical (unpaired) electrons. The van der Waals surface area contributed by atoms with Crippen molar-refractivity contribution in [2.24, 2.45) is 0 Å². The van der Waals surface area contributed by atoms with Crippen LogP contribution >= 0.6 is 11.6 Å². The number of alkyl halides is 3. The molecule has 8 nitrogen and oxygen atoms in total. The Bertz CT molecular complexity index is 1200. The van der Waals surface area contributed by atoms with Gasteiger partial charge in [0.1, 0.15) is 0 Å². The lowest BCUT2D eigenvalue weighted by Crippen LogP contribution is -2.52. The molecule has 3 N–H and O–H groups in total. The number of nitrogens with one attached hydrogen (secondary N) is 2. The number of carbonyl (C=O) groups is 2. The molecule has 1 aliphatic carbocycles. The Morgan fingerprint density at radius 3 is 2.38 bits per heavy atom. The largest absolute Gasteiger partial charge is 0.493 e. The van der Waals surface area contributed by atoms with Gasteiger partial charge in [0.25, 0.3) is 0 Å². The maximum atomic E-state index is 12.7. The van der Waals surface area contributed by atoms with E-state index in [9.17, 15) is 18.0 Å². The monoisotopic (exact) mass is 571 g/mol. The highest BCUT2D eigenvalue weighted by Crippen LogP contribution is 2.49. The molecule has 2 amide bonds. The fourth-order valence-corrected chi connectivity index (χ4v) is 5.64. The Balaban J connectivity index is 0.000000532. The Labute approximate surface area is 230 Å². The van der Waals surface area contributed by atoms with E-state index in [-0.39, 0.29) is 17.5 Å². The molecule has 0 bridgehead atoms. The van der Waals surface area contributed by atoms with Crippen molar-refractivity contribution < 1.29 is 37.3 Å². The number of hydrogen-bond acceptors (Lipinski definition) is 5. The smallest absolute Gasteiger partial charge is 0.490 e. The van der Waals surface area contributed by atoms with Crippen LogP contribution in [0.3, 0.4) is 0 Å². The number of rotatable bonds is 5. The van der Waals surface area contributed by atoms with Crippen molar-refractivity contribution in [3.63, 3.8) is 0 Å². The van der Waals surface area contributed by atoms with Crippen molar-refractivity contribution in [2.45, 2.75) is 56.3 Å². The van der Waals surface area contributed by atoms with E-state index in [1.165, 1.54) is 5.56 Å². The number of ether oxygens (including phenoxy) is 2. The predicted octanol–water partition coefficient (Wildman–Crippen LogP) is 5.62. The van der Waals surface area contributed by atoms with Gasteiger partial charge in [-0.2, -0.15) is 13.2 Å². The lowest BCUT2D eigenvalue weighted by atomic mass is 9.65. The van der Waals surface area contributed by atoms with E-state index in [4.69, 9.17) is 31.0 Å². The van der Waals surface area contributed by atoms with Crippen LogP contribution in [0.5, 0.6) is 11.5 Å². The second kappa shape index (κ2) is 12.3. The van der Waals surface area contributed by atoms with E-state index in [0.717, 1.165) is 55.0 Å². The lowest BCUT2D eigenvalue weighted by Gasteiger charge is -2.45. The summed E-state index contributed by atoms with van der Waals surface area (Å²) in [5.41, 5.74) is 3.08. The molecule has 2 aromatic rings. The molecule has 1 heterocycles. The molecule has 39 heavy (non-hydrogen) atoms. The second-order valence-corrected chi connectivity index (χ2v) is 10.2. The van der Waals surface area contributed by atoms with Gasteiger partial charge in [-0.05, 0) is 81.6 Å². The zero-order valence-electron chi connectivity index (χ0n) is 22.2. The summed E-state index contributed by atoms with van der Waals surface area (Å²) in [5.74, 6) is -1.24. The molecule has 2 aromatic carbocycles. The van der Waals surface area contributed by atoms with Crippen LogP contribution in [0.2, 0.25) is 5.02 Å². The van der Waals surface area contributed by atoms with Gasteiger partial charge >= 0.3 is 18.2 Å². The predicted molar refractivity (Wildman–Crippen MR) is 142 cm³/mol. The quantitative estimate of drug-likeness (QED) is 0.431. The van der Waals surface area contributed by atoms with Gasteiger partial charge in [0.05, 0.1) is 14.2 Å². The minimum absolute atomic E-state index is 0.0620. The van der Waals surface area contributed by atoms with Gasteiger partial charge in [-0.25, -0.2) is 9.59 Å². The molecule has 0 spiro atoms. The van der Waals surface area contributed by atoms with E-state index >= 15 is 0 Å². The summed E-state index contributed by atoms with van der Waals surface area (Å²) in [6, 6.07) is 12.1. The van der Waals surface area contributed by atoms with Gasteiger partial charge in [0, 0.05) is 28.2 Å². The van der Waals surface area contributed by atoms with Crippen molar-refractivity contribution in [3.05, 3.63) is 52.5 Å². The van der Waals surface area contributed by atoms with Gasteiger partial charge < -0.3 is 30.1 Å². The number of likely N-dealkylation sites (tertiary alicyclic amines) is 1.